The smallest absolute Gasteiger partial charge is 0.224 e. The van der Waals surface area contributed by atoms with E-state index >= 15 is 0 Å². The fourth-order valence-corrected chi connectivity index (χ4v) is 2.60. The minimum absolute atomic E-state index is 0.0213. The quantitative estimate of drug-likeness (QED) is 0.854. The van der Waals surface area contributed by atoms with Gasteiger partial charge >= 0.3 is 0 Å². The summed E-state index contributed by atoms with van der Waals surface area (Å²) in [6.07, 6.45) is 2.99. The van der Waals surface area contributed by atoms with Crippen LogP contribution < -0.4 is 11.1 Å². The first kappa shape index (κ1) is 13.1. The van der Waals surface area contributed by atoms with E-state index in [1.807, 2.05) is 18.2 Å². The second-order valence-corrected chi connectivity index (χ2v) is 5.26. The number of rotatable bonds is 4. The van der Waals surface area contributed by atoms with Crippen molar-refractivity contribution in [2.75, 3.05) is 6.54 Å². The molecule has 0 spiro atoms. The van der Waals surface area contributed by atoms with E-state index in [9.17, 15) is 4.79 Å². The zero-order valence-corrected chi connectivity index (χ0v) is 10.9. The van der Waals surface area contributed by atoms with Gasteiger partial charge in [-0.3, -0.25) is 4.79 Å². The van der Waals surface area contributed by atoms with Crippen LogP contribution in [0.25, 0.3) is 0 Å². The van der Waals surface area contributed by atoms with Crippen LogP contribution >= 0.6 is 0 Å². The number of hydrogen-bond donors (Lipinski definition) is 2. The maximum Gasteiger partial charge on any atom is 0.224 e. The van der Waals surface area contributed by atoms with Crippen molar-refractivity contribution in [2.45, 2.75) is 38.1 Å². The standard InChI is InChI=1S/C15H22N2O/c1-11(12-6-3-2-4-7-12)10-17-15(18)13-8-5-9-14(13)16/h2-4,6-7,11,13-14H,5,8-10,16H2,1H3,(H,17,18). The fraction of sp³-hybridized carbons (Fsp3) is 0.533. The summed E-state index contributed by atoms with van der Waals surface area (Å²) in [6, 6.07) is 10.3. The predicted octanol–water partition coefficient (Wildman–Crippen LogP) is 2.03. The highest BCUT2D eigenvalue weighted by atomic mass is 16.1. The van der Waals surface area contributed by atoms with Crippen molar-refractivity contribution in [3.8, 4) is 0 Å². The molecule has 1 aromatic rings. The molecule has 0 saturated heterocycles. The van der Waals surface area contributed by atoms with E-state index in [0.29, 0.717) is 12.5 Å². The van der Waals surface area contributed by atoms with Crippen molar-refractivity contribution in [3.63, 3.8) is 0 Å². The maximum atomic E-state index is 12.0. The molecule has 3 heteroatoms. The molecular weight excluding hydrogens is 224 g/mol. The lowest BCUT2D eigenvalue weighted by Crippen LogP contribution is -2.39. The van der Waals surface area contributed by atoms with E-state index in [4.69, 9.17) is 5.73 Å². The van der Waals surface area contributed by atoms with Gasteiger partial charge in [-0.15, -0.1) is 0 Å². The summed E-state index contributed by atoms with van der Waals surface area (Å²) < 4.78 is 0. The molecule has 98 valence electrons. The molecule has 0 radical (unpaired) electrons. The normalized spacial score (nSPS) is 24.8. The molecule has 3 atom stereocenters. The highest BCUT2D eigenvalue weighted by molar-refractivity contribution is 5.79. The van der Waals surface area contributed by atoms with Crippen LogP contribution in [0.3, 0.4) is 0 Å². The summed E-state index contributed by atoms with van der Waals surface area (Å²) >= 11 is 0. The van der Waals surface area contributed by atoms with Gasteiger partial charge in [-0.05, 0) is 24.3 Å². The van der Waals surface area contributed by atoms with Crippen LogP contribution in [-0.2, 0) is 4.79 Å². The van der Waals surface area contributed by atoms with Crippen LogP contribution in [0.5, 0.6) is 0 Å². The summed E-state index contributed by atoms with van der Waals surface area (Å²) in [6.45, 7) is 2.82. The van der Waals surface area contributed by atoms with Crippen LogP contribution in [-0.4, -0.2) is 18.5 Å². The first-order valence-electron chi connectivity index (χ1n) is 6.76. The second-order valence-electron chi connectivity index (χ2n) is 5.26. The first-order chi connectivity index (χ1) is 8.68. The van der Waals surface area contributed by atoms with E-state index in [2.05, 4.69) is 24.4 Å². The van der Waals surface area contributed by atoms with Gasteiger partial charge in [0.15, 0.2) is 0 Å². The molecule has 1 aliphatic rings. The number of nitrogens with two attached hydrogens (primary N) is 1. The molecule has 3 unspecified atom stereocenters. The molecule has 2 rings (SSSR count). The van der Waals surface area contributed by atoms with Gasteiger partial charge in [0.2, 0.25) is 5.91 Å². The number of carbonyl (C=O) groups is 1. The highest BCUT2D eigenvalue weighted by Crippen LogP contribution is 2.24. The third-order valence-corrected chi connectivity index (χ3v) is 3.86. The largest absolute Gasteiger partial charge is 0.355 e. The van der Waals surface area contributed by atoms with Crippen LogP contribution in [0.2, 0.25) is 0 Å². The molecule has 0 aliphatic heterocycles. The average Bonchev–Trinajstić information content (AvgIpc) is 2.83. The third kappa shape index (κ3) is 3.10. The topological polar surface area (TPSA) is 55.1 Å². The number of nitrogens with one attached hydrogen (secondary N) is 1. The zero-order valence-electron chi connectivity index (χ0n) is 10.9. The van der Waals surface area contributed by atoms with Gasteiger partial charge in [-0.1, -0.05) is 43.7 Å². The number of carbonyl (C=O) groups excluding carboxylic acids is 1. The lowest BCUT2D eigenvalue weighted by Gasteiger charge is -2.18. The van der Waals surface area contributed by atoms with Gasteiger partial charge in [0.25, 0.3) is 0 Å². The van der Waals surface area contributed by atoms with Crippen LogP contribution in [0.1, 0.15) is 37.7 Å². The van der Waals surface area contributed by atoms with E-state index in [1.54, 1.807) is 0 Å². The predicted molar refractivity (Wildman–Crippen MR) is 73.2 cm³/mol. The van der Waals surface area contributed by atoms with Crippen LogP contribution in [0.4, 0.5) is 0 Å². The Bertz CT molecular complexity index is 391. The molecule has 1 amide bonds. The second kappa shape index (κ2) is 6.01. The Morgan fingerprint density at radius 2 is 2.11 bits per heavy atom. The fourth-order valence-electron chi connectivity index (χ4n) is 2.60. The maximum absolute atomic E-state index is 12.0. The van der Waals surface area contributed by atoms with Gasteiger partial charge in [-0.2, -0.15) is 0 Å². The Balaban J connectivity index is 1.83. The van der Waals surface area contributed by atoms with Crippen molar-refractivity contribution < 1.29 is 4.79 Å². The van der Waals surface area contributed by atoms with Crippen LogP contribution in [0, 0.1) is 5.92 Å². The number of hydrogen-bond acceptors (Lipinski definition) is 2. The molecule has 18 heavy (non-hydrogen) atoms. The molecule has 3 nitrogen and oxygen atoms in total. The molecule has 1 aromatic carbocycles. The molecule has 0 bridgehead atoms. The minimum atomic E-state index is 0.0213. The molecule has 1 aliphatic carbocycles. The summed E-state index contributed by atoms with van der Waals surface area (Å²) in [7, 11) is 0. The summed E-state index contributed by atoms with van der Waals surface area (Å²) in [5.41, 5.74) is 7.19. The van der Waals surface area contributed by atoms with E-state index in [1.165, 1.54) is 5.56 Å². The van der Waals surface area contributed by atoms with Crippen molar-refractivity contribution in [1.82, 2.24) is 5.32 Å². The van der Waals surface area contributed by atoms with Gasteiger partial charge in [0, 0.05) is 12.6 Å². The molecule has 1 fully saturated rings. The van der Waals surface area contributed by atoms with E-state index in [-0.39, 0.29) is 17.9 Å². The Hall–Kier alpha value is -1.35. The van der Waals surface area contributed by atoms with E-state index < -0.39 is 0 Å². The Kier molecular flexibility index (Phi) is 4.37. The van der Waals surface area contributed by atoms with Crippen molar-refractivity contribution >= 4 is 5.91 Å². The Labute approximate surface area is 109 Å². The van der Waals surface area contributed by atoms with E-state index in [0.717, 1.165) is 19.3 Å². The summed E-state index contributed by atoms with van der Waals surface area (Å²) in [4.78, 5) is 12.0. The molecule has 1 saturated carbocycles. The molecule has 3 N–H and O–H groups in total. The lowest BCUT2D eigenvalue weighted by atomic mass is 10.00. The first-order valence-corrected chi connectivity index (χ1v) is 6.76. The van der Waals surface area contributed by atoms with Crippen LogP contribution in [0.15, 0.2) is 30.3 Å². The Morgan fingerprint density at radius 1 is 1.39 bits per heavy atom. The van der Waals surface area contributed by atoms with Gasteiger partial charge < -0.3 is 11.1 Å². The minimum Gasteiger partial charge on any atom is -0.355 e. The molecule has 0 heterocycles. The summed E-state index contributed by atoms with van der Waals surface area (Å²) in [5.74, 6) is 0.489. The molecule has 0 aromatic heterocycles. The van der Waals surface area contributed by atoms with Crippen molar-refractivity contribution in [3.05, 3.63) is 35.9 Å². The van der Waals surface area contributed by atoms with Gasteiger partial charge in [0.1, 0.15) is 0 Å². The molecular formula is C15H22N2O. The monoisotopic (exact) mass is 246 g/mol. The van der Waals surface area contributed by atoms with Gasteiger partial charge in [0.05, 0.1) is 5.92 Å². The number of amides is 1. The van der Waals surface area contributed by atoms with Gasteiger partial charge in [-0.25, -0.2) is 0 Å². The number of benzene rings is 1. The lowest BCUT2D eigenvalue weighted by molar-refractivity contribution is -0.125. The zero-order chi connectivity index (χ0) is 13.0. The average molecular weight is 246 g/mol. The third-order valence-electron chi connectivity index (χ3n) is 3.86. The Morgan fingerprint density at radius 3 is 2.72 bits per heavy atom. The van der Waals surface area contributed by atoms with Crippen molar-refractivity contribution in [2.24, 2.45) is 11.7 Å². The van der Waals surface area contributed by atoms with Crippen molar-refractivity contribution in [1.29, 1.82) is 0 Å². The SMILES string of the molecule is CC(CNC(=O)C1CCCC1N)c1ccccc1. The highest BCUT2D eigenvalue weighted by Gasteiger charge is 2.30. The summed E-state index contributed by atoms with van der Waals surface area (Å²) in [5, 5.41) is 3.03.